The highest BCUT2D eigenvalue weighted by atomic mass is 15.1. The summed E-state index contributed by atoms with van der Waals surface area (Å²) < 4.78 is 0. The van der Waals surface area contributed by atoms with Crippen molar-refractivity contribution in [3.05, 3.63) is 70.8 Å². The third kappa shape index (κ3) is 9.23. The second kappa shape index (κ2) is 17.1. The highest BCUT2D eigenvalue weighted by molar-refractivity contribution is 5.23. The fourth-order valence-electron chi connectivity index (χ4n) is 6.68. The van der Waals surface area contributed by atoms with E-state index in [2.05, 4.69) is 72.2 Å². The van der Waals surface area contributed by atoms with E-state index >= 15 is 0 Å². The molecule has 0 N–H and O–H groups in total. The van der Waals surface area contributed by atoms with Crippen molar-refractivity contribution in [3.8, 4) is 0 Å². The fourth-order valence-corrected chi connectivity index (χ4v) is 6.68. The molecule has 2 aliphatic heterocycles. The highest BCUT2D eigenvalue weighted by Crippen LogP contribution is 2.54. The van der Waals surface area contributed by atoms with Crippen LogP contribution < -0.4 is 0 Å². The molecule has 2 atom stereocenters. The molecule has 2 nitrogen and oxygen atoms in total. The summed E-state index contributed by atoms with van der Waals surface area (Å²) in [5, 5.41) is 0. The van der Waals surface area contributed by atoms with E-state index in [1.165, 1.54) is 80.5 Å². The average molecular weight is 521 g/mol. The van der Waals surface area contributed by atoms with Crippen LogP contribution >= 0.6 is 0 Å². The van der Waals surface area contributed by atoms with E-state index in [-0.39, 0.29) is 7.43 Å². The smallest absolute Gasteiger partial charge is 0.0233 e. The van der Waals surface area contributed by atoms with E-state index in [4.69, 9.17) is 0 Å². The van der Waals surface area contributed by atoms with Crippen LogP contribution in [0.1, 0.15) is 103 Å². The Labute approximate surface area is 237 Å². The van der Waals surface area contributed by atoms with Crippen LogP contribution in [0.2, 0.25) is 0 Å². The SMILES string of the molecule is C.CC.CC.CCc1ccc(CN2CCC(C3CC3C3CCN(Cc4ccc(CC)cc4)CC3)CC2)cc1. The van der Waals surface area contributed by atoms with Gasteiger partial charge in [0.1, 0.15) is 0 Å². The number of likely N-dealkylation sites (tertiary alicyclic amines) is 2. The van der Waals surface area contributed by atoms with Crippen molar-refractivity contribution < 1.29 is 0 Å². The number of nitrogens with zero attached hydrogens (tertiary/aromatic N) is 2. The largest absolute Gasteiger partial charge is 0.299 e. The molecule has 38 heavy (non-hydrogen) atoms. The van der Waals surface area contributed by atoms with Gasteiger partial charge >= 0.3 is 0 Å². The maximum absolute atomic E-state index is 2.69. The molecule has 2 aromatic carbocycles. The first-order valence-corrected chi connectivity index (χ1v) is 15.8. The minimum atomic E-state index is 0. The molecule has 3 aliphatic rings. The highest BCUT2D eigenvalue weighted by Gasteiger charge is 2.47. The molecule has 214 valence electrons. The summed E-state index contributed by atoms with van der Waals surface area (Å²) in [6.45, 7) is 20.0. The number of aryl methyl sites for hydroxylation is 2. The van der Waals surface area contributed by atoms with E-state index in [0.717, 1.165) is 49.6 Å². The first kappa shape index (κ1) is 32.6. The number of piperidine rings is 2. The third-order valence-corrected chi connectivity index (χ3v) is 9.04. The second-order valence-corrected chi connectivity index (χ2v) is 11.1. The van der Waals surface area contributed by atoms with E-state index in [0.29, 0.717) is 0 Å². The summed E-state index contributed by atoms with van der Waals surface area (Å²) in [6.07, 6.45) is 9.54. The predicted molar refractivity (Wildman–Crippen MR) is 169 cm³/mol. The van der Waals surface area contributed by atoms with E-state index < -0.39 is 0 Å². The standard InChI is InChI=1S/C31H44N2.2C2H6.CH4/c1-3-24-5-9-26(10-6-24)22-32-17-13-28(14-18-32)30-21-31(30)29-15-19-33(20-16-29)23-27-11-7-25(4-2)8-12-27;2*1-2;/h5-12,28-31H,3-4,13-23H2,1-2H3;2*1-2H3;1H4. The monoisotopic (exact) mass is 520 g/mol. The molecule has 0 radical (unpaired) electrons. The van der Waals surface area contributed by atoms with Crippen molar-refractivity contribution in [2.24, 2.45) is 23.7 Å². The van der Waals surface area contributed by atoms with Crippen LogP contribution in [-0.2, 0) is 25.9 Å². The lowest BCUT2D eigenvalue weighted by Crippen LogP contribution is -2.35. The van der Waals surface area contributed by atoms with Gasteiger partial charge in [-0.1, -0.05) is 97.5 Å². The van der Waals surface area contributed by atoms with Gasteiger partial charge in [0.2, 0.25) is 0 Å². The van der Waals surface area contributed by atoms with Gasteiger partial charge in [-0.15, -0.1) is 0 Å². The Kier molecular flexibility index (Phi) is 14.7. The number of benzene rings is 2. The normalized spacial score (nSPS) is 22.4. The summed E-state index contributed by atoms with van der Waals surface area (Å²) in [5.41, 5.74) is 5.88. The Morgan fingerprint density at radius 2 is 0.816 bits per heavy atom. The lowest BCUT2D eigenvalue weighted by atomic mass is 9.85. The van der Waals surface area contributed by atoms with Crippen LogP contribution in [0, 0.1) is 23.7 Å². The molecule has 3 fully saturated rings. The molecule has 0 spiro atoms. The fraction of sp³-hybridized carbons (Fsp3) is 0.667. The molecule has 0 bridgehead atoms. The number of rotatable bonds is 8. The molecule has 0 amide bonds. The summed E-state index contributed by atoms with van der Waals surface area (Å²) in [6, 6.07) is 18.6. The van der Waals surface area contributed by atoms with Crippen molar-refractivity contribution in [3.63, 3.8) is 0 Å². The molecule has 2 heteroatoms. The number of hydrogen-bond acceptors (Lipinski definition) is 2. The molecule has 2 unspecified atom stereocenters. The molecular weight excluding hydrogens is 460 g/mol. The maximum atomic E-state index is 2.69. The summed E-state index contributed by atoms with van der Waals surface area (Å²) >= 11 is 0. The van der Waals surface area contributed by atoms with Gasteiger partial charge in [0.15, 0.2) is 0 Å². The third-order valence-electron chi connectivity index (χ3n) is 9.04. The molecule has 5 rings (SSSR count). The lowest BCUT2D eigenvalue weighted by molar-refractivity contribution is 0.140. The van der Waals surface area contributed by atoms with E-state index in [1.54, 1.807) is 0 Å². The van der Waals surface area contributed by atoms with Crippen molar-refractivity contribution >= 4 is 0 Å². The van der Waals surface area contributed by atoms with E-state index in [1.807, 2.05) is 27.7 Å². The summed E-state index contributed by atoms with van der Waals surface area (Å²) in [4.78, 5) is 5.39. The minimum Gasteiger partial charge on any atom is -0.299 e. The zero-order chi connectivity index (χ0) is 26.6. The Bertz CT molecular complexity index is 782. The van der Waals surface area contributed by atoms with Crippen molar-refractivity contribution in [2.45, 2.75) is 107 Å². The average Bonchev–Trinajstić information content (AvgIpc) is 3.78. The van der Waals surface area contributed by atoms with Crippen LogP contribution in [0.4, 0.5) is 0 Å². The quantitative estimate of drug-likeness (QED) is 0.342. The van der Waals surface area contributed by atoms with Gasteiger partial charge in [-0.25, -0.2) is 0 Å². The molecular formula is C36H60N2. The Morgan fingerprint density at radius 1 is 0.526 bits per heavy atom. The van der Waals surface area contributed by atoms with Gasteiger partial charge in [0.05, 0.1) is 0 Å². The summed E-state index contributed by atoms with van der Waals surface area (Å²) in [7, 11) is 0. The van der Waals surface area contributed by atoms with Gasteiger partial charge in [0, 0.05) is 13.1 Å². The van der Waals surface area contributed by atoms with Gasteiger partial charge in [0.25, 0.3) is 0 Å². The van der Waals surface area contributed by atoms with Crippen LogP contribution in [0.5, 0.6) is 0 Å². The zero-order valence-electron chi connectivity index (χ0n) is 25.0. The van der Waals surface area contributed by atoms with Crippen LogP contribution in [-0.4, -0.2) is 36.0 Å². The maximum Gasteiger partial charge on any atom is 0.0233 e. The van der Waals surface area contributed by atoms with Gasteiger partial charge in [-0.3, -0.25) is 9.80 Å². The van der Waals surface area contributed by atoms with Crippen molar-refractivity contribution in [1.29, 1.82) is 0 Å². The molecule has 2 saturated heterocycles. The van der Waals surface area contributed by atoms with Crippen LogP contribution in [0.25, 0.3) is 0 Å². The topological polar surface area (TPSA) is 6.48 Å². The first-order chi connectivity index (χ1) is 18.2. The lowest BCUT2D eigenvalue weighted by Gasteiger charge is -2.34. The molecule has 0 aromatic heterocycles. The Morgan fingerprint density at radius 3 is 1.11 bits per heavy atom. The van der Waals surface area contributed by atoms with Gasteiger partial charge < -0.3 is 0 Å². The molecule has 2 heterocycles. The van der Waals surface area contributed by atoms with Gasteiger partial charge in [-0.2, -0.15) is 0 Å². The van der Waals surface area contributed by atoms with Gasteiger partial charge in [-0.05, 0) is 117 Å². The molecule has 1 aliphatic carbocycles. The van der Waals surface area contributed by atoms with Crippen molar-refractivity contribution in [2.75, 3.05) is 26.2 Å². The first-order valence-electron chi connectivity index (χ1n) is 15.8. The van der Waals surface area contributed by atoms with Crippen LogP contribution in [0.15, 0.2) is 48.5 Å². The Balaban J connectivity index is 0.000000969. The predicted octanol–water partition coefficient (Wildman–Crippen LogP) is 9.26. The molecule has 1 saturated carbocycles. The summed E-state index contributed by atoms with van der Waals surface area (Å²) in [5.74, 6) is 4.11. The zero-order valence-corrected chi connectivity index (χ0v) is 25.0. The minimum absolute atomic E-state index is 0. The van der Waals surface area contributed by atoms with E-state index in [9.17, 15) is 0 Å². The Hall–Kier alpha value is -1.64. The second-order valence-electron chi connectivity index (χ2n) is 11.1. The number of hydrogen-bond donors (Lipinski definition) is 0. The molecule has 2 aromatic rings. The van der Waals surface area contributed by atoms with Crippen LogP contribution in [0.3, 0.4) is 0 Å². The van der Waals surface area contributed by atoms with Crippen molar-refractivity contribution in [1.82, 2.24) is 9.80 Å².